The SMILES string of the molecule is O=C=Nc1cnoc1Cc1cccc(C(F)(F)F)c1. The molecule has 0 unspecified atom stereocenters. The molecule has 0 spiro atoms. The largest absolute Gasteiger partial charge is 0.416 e. The predicted molar refractivity (Wildman–Crippen MR) is 58.5 cm³/mol. The van der Waals surface area contributed by atoms with E-state index in [0.717, 1.165) is 12.1 Å². The van der Waals surface area contributed by atoms with Crippen molar-refractivity contribution in [3.63, 3.8) is 0 Å². The van der Waals surface area contributed by atoms with E-state index in [2.05, 4.69) is 10.1 Å². The van der Waals surface area contributed by atoms with Crippen molar-refractivity contribution < 1.29 is 22.5 Å². The Morgan fingerprint density at radius 1 is 1.37 bits per heavy atom. The molecule has 19 heavy (non-hydrogen) atoms. The Hall–Kier alpha value is -2.40. The topological polar surface area (TPSA) is 55.5 Å². The molecule has 0 saturated heterocycles. The van der Waals surface area contributed by atoms with Gasteiger partial charge in [-0.25, -0.2) is 4.79 Å². The zero-order valence-corrected chi connectivity index (χ0v) is 9.44. The molecule has 1 aromatic heterocycles. The van der Waals surface area contributed by atoms with Crippen LogP contribution in [0.1, 0.15) is 16.9 Å². The summed E-state index contributed by atoms with van der Waals surface area (Å²) in [5.74, 6) is 0.211. The molecular weight excluding hydrogens is 261 g/mol. The van der Waals surface area contributed by atoms with Crippen molar-refractivity contribution in [3.05, 3.63) is 47.3 Å². The average molecular weight is 268 g/mol. The predicted octanol–water partition coefficient (Wildman–Crippen LogP) is 3.25. The van der Waals surface area contributed by atoms with Crippen LogP contribution in [0.15, 0.2) is 40.0 Å². The number of aromatic nitrogens is 1. The van der Waals surface area contributed by atoms with Crippen molar-refractivity contribution in [1.29, 1.82) is 0 Å². The van der Waals surface area contributed by atoms with Gasteiger partial charge in [-0.2, -0.15) is 18.2 Å². The minimum absolute atomic E-state index is 0.0600. The van der Waals surface area contributed by atoms with E-state index < -0.39 is 11.7 Å². The summed E-state index contributed by atoms with van der Waals surface area (Å²) < 4.78 is 42.5. The molecule has 0 aliphatic rings. The Balaban J connectivity index is 2.29. The lowest BCUT2D eigenvalue weighted by molar-refractivity contribution is -0.137. The minimum atomic E-state index is -4.40. The summed E-state index contributed by atoms with van der Waals surface area (Å²) in [6.07, 6.45) is -1.81. The van der Waals surface area contributed by atoms with Crippen LogP contribution in [-0.2, 0) is 17.4 Å². The fourth-order valence-electron chi connectivity index (χ4n) is 1.56. The number of nitrogens with zero attached hydrogens (tertiary/aromatic N) is 2. The summed E-state index contributed by atoms with van der Waals surface area (Å²) in [6, 6.07) is 4.81. The summed E-state index contributed by atoms with van der Waals surface area (Å²) in [7, 11) is 0. The lowest BCUT2D eigenvalue weighted by Gasteiger charge is -2.07. The first-order chi connectivity index (χ1) is 9.00. The van der Waals surface area contributed by atoms with Crippen molar-refractivity contribution >= 4 is 11.8 Å². The van der Waals surface area contributed by atoms with Crippen molar-refractivity contribution in [2.24, 2.45) is 4.99 Å². The van der Waals surface area contributed by atoms with Gasteiger partial charge in [0.05, 0.1) is 11.8 Å². The molecule has 0 radical (unpaired) electrons. The van der Waals surface area contributed by atoms with Gasteiger partial charge in [-0.05, 0) is 11.6 Å². The number of hydrogen-bond donors (Lipinski definition) is 0. The first kappa shape index (κ1) is 13.0. The molecule has 1 heterocycles. The number of isocyanates is 1. The van der Waals surface area contributed by atoms with Crippen molar-refractivity contribution in [3.8, 4) is 0 Å². The van der Waals surface area contributed by atoms with E-state index in [1.54, 1.807) is 0 Å². The summed E-state index contributed by atoms with van der Waals surface area (Å²) >= 11 is 0. The Bertz CT molecular complexity index is 628. The quantitative estimate of drug-likeness (QED) is 0.634. The van der Waals surface area contributed by atoms with Gasteiger partial charge in [-0.1, -0.05) is 23.4 Å². The maximum absolute atomic E-state index is 12.5. The number of benzene rings is 1. The highest BCUT2D eigenvalue weighted by atomic mass is 19.4. The number of carbonyl (C=O) groups excluding carboxylic acids is 1. The second-order valence-corrected chi connectivity index (χ2v) is 3.71. The molecule has 98 valence electrons. The van der Waals surface area contributed by atoms with Crippen molar-refractivity contribution in [1.82, 2.24) is 5.16 Å². The lowest BCUT2D eigenvalue weighted by atomic mass is 10.1. The third-order valence-corrected chi connectivity index (χ3v) is 2.41. The molecule has 2 rings (SSSR count). The maximum Gasteiger partial charge on any atom is 0.416 e. The van der Waals surface area contributed by atoms with Crippen molar-refractivity contribution in [2.75, 3.05) is 0 Å². The normalized spacial score (nSPS) is 11.1. The highest BCUT2D eigenvalue weighted by Gasteiger charge is 2.30. The molecular formula is C12H7F3N2O2. The Morgan fingerprint density at radius 3 is 2.84 bits per heavy atom. The first-order valence-electron chi connectivity index (χ1n) is 5.18. The molecule has 0 saturated carbocycles. The zero-order valence-electron chi connectivity index (χ0n) is 9.44. The number of aliphatic imine (C=N–C) groups is 1. The fraction of sp³-hybridized carbons (Fsp3) is 0.167. The standard InChI is InChI=1S/C12H7F3N2O2/c13-12(14,15)9-3-1-2-8(4-9)5-11-10(16-7-18)6-17-19-11/h1-4,6H,5H2. The highest BCUT2D eigenvalue weighted by molar-refractivity contribution is 5.50. The van der Waals surface area contributed by atoms with E-state index in [9.17, 15) is 18.0 Å². The van der Waals surface area contributed by atoms with E-state index in [-0.39, 0.29) is 17.9 Å². The maximum atomic E-state index is 12.5. The zero-order chi connectivity index (χ0) is 13.9. The van der Waals surface area contributed by atoms with Gasteiger partial charge < -0.3 is 4.52 Å². The van der Waals surface area contributed by atoms with E-state index >= 15 is 0 Å². The molecule has 7 heteroatoms. The van der Waals surface area contributed by atoms with E-state index in [0.29, 0.717) is 5.56 Å². The van der Waals surface area contributed by atoms with Gasteiger partial charge >= 0.3 is 6.18 Å². The van der Waals surface area contributed by atoms with Gasteiger partial charge in [0.15, 0.2) is 5.76 Å². The van der Waals surface area contributed by atoms with Crippen LogP contribution in [0.3, 0.4) is 0 Å². The Labute approximate surface area is 105 Å². The third kappa shape index (κ3) is 3.08. The molecule has 0 aliphatic carbocycles. The smallest absolute Gasteiger partial charge is 0.359 e. The second kappa shape index (κ2) is 5.07. The van der Waals surface area contributed by atoms with Gasteiger partial charge in [0.2, 0.25) is 6.08 Å². The van der Waals surface area contributed by atoms with Crippen molar-refractivity contribution in [2.45, 2.75) is 12.6 Å². The number of halogens is 3. The van der Waals surface area contributed by atoms with Crippen LogP contribution >= 0.6 is 0 Å². The summed E-state index contributed by atoms with van der Waals surface area (Å²) in [6.45, 7) is 0. The lowest BCUT2D eigenvalue weighted by Crippen LogP contribution is -2.05. The molecule has 2 aromatic rings. The molecule has 0 bridgehead atoms. The molecule has 4 nitrogen and oxygen atoms in total. The minimum Gasteiger partial charge on any atom is -0.359 e. The van der Waals surface area contributed by atoms with Crippen LogP contribution in [0.5, 0.6) is 0 Å². The average Bonchev–Trinajstić information content (AvgIpc) is 2.77. The third-order valence-electron chi connectivity index (χ3n) is 2.41. The van der Waals surface area contributed by atoms with Crippen LogP contribution in [0.2, 0.25) is 0 Å². The van der Waals surface area contributed by atoms with Gasteiger partial charge in [-0.3, -0.25) is 0 Å². The molecule has 1 aromatic carbocycles. The van der Waals surface area contributed by atoms with Gasteiger partial charge in [0, 0.05) is 6.42 Å². The van der Waals surface area contributed by atoms with Crippen LogP contribution in [-0.4, -0.2) is 11.2 Å². The summed E-state index contributed by atoms with van der Waals surface area (Å²) in [4.78, 5) is 13.5. The summed E-state index contributed by atoms with van der Waals surface area (Å²) in [5, 5.41) is 3.44. The number of hydrogen-bond acceptors (Lipinski definition) is 4. The van der Waals surface area contributed by atoms with Gasteiger partial charge in [0.1, 0.15) is 5.69 Å². The monoisotopic (exact) mass is 268 g/mol. The van der Waals surface area contributed by atoms with Gasteiger partial charge in [0.25, 0.3) is 0 Å². The van der Waals surface area contributed by atoms with Crippen LogP contribution < -0.4 is 0 Å². The Morgan fingerprint density at radius 2 is 2.16 bits per heavy atom. The van der Waals surface area contributed by atoms with E-state index in [4.69, 9.17) is 4.52 Å². The van der Waals surface area contributed by atoms with Crippen LogP contribution in [0.4, 0.5) is 18.9 Å². The number of rotatable bonds is 3. The fourth-order valence-corrected chi connectivity index (χ4v) is 1.56. The molecule has 0 atom stereocenters. The molecule has 0 fully saturated rings. The first-order valence-corrected chi connectivity index (χ1v) is 5.18. The van der Waals surface area contributed by atoms with Gasteiger partial charge in [-0.15, -0.1) is 0 Å². The second-order valence-electron chi connectivity index (χ2n) is 3.71. The van der Waals surface area contributed by atoms with E-state index in [1.165, 1.54) is 24.4 Å². The van der Waals surface area contributed by atoms with Crippen LogP contribution in [0.25, 0.3) is 0 Å². The Kier molecular flexibility index (Phi) is 3.48. The molecule has 0 amide bonds. The molecule has 0 aliphatic heterocycles. The van der Waals surface area contributed by atoms with Crippen LogP contribution in [0, 0.1) is 0 Å². The number of alkyl halides is 3. The highest BCUT2D eigenvalue weighted by Crippen LogP contribution is 2.30. The molecule has 0 N–H and O–H groups in total. The summed E-state index contributed by atoms with van der Waals surface area (Å²) in [5.41, 5.74) is -0.203. The van der Waals surface area contributed by atoms with E-state index in [1.807, 2.05) is 0 Å².